The highest BCUT2D eigenvalue weighted by molar-refractivity contribution is 6.13. The zero-order chi connectivity index (χ0) is 17.7. The van der Waals surface area contributed by atoms with Gasteiger partial charge >= 0.3 is 0 Å². The number of nitrogens with zero attached hydrogens (tertiary/aromatic N) is 1. The fourth-order valence-corrected chi connectivity index (χ4v) is 2.67. The van der Waals surface area contributed by atoms with E-state index in [9.17, 15) is 9.59 Å². The maximum absolute atomic E-state index is 12.7. The minimum Gasteiger partial charge on any atom is -0.345 e. The van der Waals surface area contributed by atoms with Gasteiger partial charge in [-0.25, -0.2) is 0 Å². The van der Waals surface area contributed by atoms with Crippen molar-refractivity contribution in [3.8, 4) is 0 Å². The highest BCUT2D eigenvalue weighted by Gasteiger charge is 2.26. The van der Waals surface area contributed by atoms with Gasteiger partial charge in [-0.05, 0) is 19.4 Å². The predicted octanol–water partition coefficient (Wildman–Crippen LogP) is 4.74. The van der Waals surface area contributed by atoms with Crippen molar-refractivity contribution in [3.05, 3.63) is 58.4 Å². The minimum absolute atomic E-state index is 0.0241. The molecule has 0 amide bonds. The summed E-state index contributed by atoms with van der Waals surface area (Å²) in [6.07, 6.45) is 0. The fourth-order valence-electron chi connectivity index (χ4n) is 2.67. The van der Waals surface area contributed by atoms with Crippen LogP contribution in [0.2, 0.25) is 0 Å². The third-order valence-corrected chi connectivity index (χ3v) is 3.95. The van der Waals surface area contributed by atoms with Crippen LogP contribution in [-0.4, -0.2) is 16.1 Å². The maximum Gasteiger partial charge on any atom is 0.195 e. The van der Waals surface area contributed by atoms with Crippen LogP contribution in [0.5, 0.6) is 0 Å². The van der Waals surface area contributed by atoms with Crippen LogP contribution < -0.4 is 0 Å². The molecule has 0 saturated heterocycles. The molecule has 0 spiro atoms. The van der Waals surface area contributed by atoms with Crippen molar-refractivity contribution in [2.24, 2.45) is 13.0 Å². The van der Waals surface area contributed by atoms with E-state index in [4.69, 9.17) is 0 Å². The number of rotatable bonds is 4. The maximum atomic E-state index is 12.7. The van der Waals surface area contributed by atoms with Crippen LogP contribution in [0.4, 0.5) is 0 Å². The molecule has 3 nitrogen and oxygen atoms in total. The first kappa shape index (κ1) is 18.9. The third kappa shape index (κ3) is 3.61. The Labute approximate surface area is 139 Å². The van der Waals surface area contributed by atoms with Crippen molar-refractivity contribution in [3.63, 3.8) is 0 Å². The lowest BCUT2D eigenvalue weighted by Crippen LogP contribution is -2.13. The minimum atomic E-state index is -0.0867. The predicted molar refractivity (Wildman–Crippen MR) is 95.3 cm³/mol. The second kappa shape index (κ2) is 7.91. The van der Waals surface area contributed by atoms with Gasteiger partial charge < -0.3 is 4.57 Å². The number of Topliss-reactive ketones (excluding diaryl/α,β-unsaturated/α-hetero) is 1. The summed E-state index contributed by atoms with van der Waals surface area (Å²) in [5, 5.41) is 0. The zero-order valence-corrected chi connectivity index (χ0v) is 15.2. The second-order valence-electron chi connectivity index (χ2n) is 5.71. The topological polar surface area (TPSA) is 39.1 Å². The van der Waals surface area contributed by atoms with Gasteiger partial charge in [0.05, 0.1) is 5.69 Å². The highest BCUT2D eigenvalue weighted by atomic mass is 16.1. The average Bonchev–Trinajstić information content (AvgIpc) is 2.78. The SMILES string of the molecule is CC.Cc1c(C(=O)c2ccccc2)c(C)n(C)c1C(=O)C(C)C. The summed E-state index contributed by atoms with van der Waals surface area (Å²) >= 11 is 0. The molecule has 0 N–H and O–H groups in total. The molecule has 2 rings (SSSR count). The van der Waals surface area contributed by atoms with Gasteiger partial charge in [0.15, 0.2) is 11.6 Å². The summed E-state index contributed by atoms with van der Waals surface area (Å²) in [6.45, 7) is 11.5. The van der Waals surface area contributed by atoms with Crippen molar-refractivity contribution in [1.82, 2.24) is 4.57 Å². The summed E-state index contributed by atoms with van der Waals surface area (Å²) < 4.78 is 1.84. The Morgan fingerprint density at radius 2 is 1.52 bits per heavy atom. The van der Waals surface area contributed by atoms with E-state index in [2.05, 4.69) is 0 Å². The van der Waals surface area contributed by atoms with Gasteiger partial charge in [0.2, 0.25) is 0 Å². The summed E-state index contributed by atoms with van der Waals surface area (Å²) in [6, 6.07) is 9.19. The smallest absolute Gasteiger partial charge is 0.195 e. The molecule has 23 heavy (non-hydrogen) atoms. The van der Waals surface area contributed by atoms with E-state index in [-0.39, 0.29) is 17.5 Å². The number of carbonyl (C=O) groups is 2. The number of aromatic nitrogens is 1. The molecule has 1 aromatic heterocycles. The van der Waals surface area contributed by atoms with Gasteiger partial charge in [0.25, 0.3) is 0 Å². The van der Waals surface area contributed by atoms with E-state index in [1.54, 1.807) is 12.1 Å². The summed E-state index contributed by atoms with van der Waals surface area (Å²) in [5.41, 5.74) is 3.56. The van der Waals surface area contributed by atoms with E-state index in [1.807, 2.05) is 71.4 Å². The summed E-state index contributed by atoms with van der Waals surface area (Å²) in [7, 11) is 1.85. The lowest BCUT2D eigenvalue weighted by Gasteiger charge is -2.07. The molecule has 0 aliphatic heterocycles. The summed E-state index contributed by atoms with van der Waals surface area (Å²) in [4.78, 5) is 25.1. The fraction of sp³-hybridized carbons (Fsp3) is 0.400. The first-order chi connectivity index (χ1) is 10.9. The van der Waals surface area contributed by atoms with Crippen LogP contribution in [0.25, 0.3) is 0 Å². The first-order valence-corrected chi connectivity index (χ1v) is 8.16. The molecule has 3 heteroatoms. The monoisotopic (exact) mass is 313 g/mol. The van der Waals surface area contributed by atoms with E-state index in [0.29, 0.717) is 16.8 Å². The second-order valence-corrected chi connectivity index (χ2v) is 5.71. The van der Waals surface area contributed by atoms with E-state index < -0.39 is 0 Å². The Kier molecular flexibility index (Phi) is 6.49. The average molecular weight is 313 g/mol. The Morgan fingerprint density at radius 1 is 1.00 bits per heavy atom. The first-order valence-electron chi connectivity index (χ1n) is 8.16. The van der Waals surface area contributed by atoms with Crippen molar-refractivity contribution in [2.45, 2.75) is 41.5 Å². The van der Waals surface area contributed by atoms with Crippen LogP contribution in [0, 0.1) is 19.8 Å². The third-order valence-electron chi connectivity index (χ3n) is 3.95. The standard InChI is InChI=1S/C18H21NO2.C2H6/c1-11(2)17(20)16-12(3)15(13(4)19(16)5)18(21)14-9-7-6-8-10-14;1-2/h6-11H,1-5H3;1-2H3. The van der Waals surface area contributed by atoms with Gasteiger partial charge in [-0.3, -0.25) is 9.59 Å². The number of carbonyl (C=O) groups excluding carboxylic acids is 2. The summed E-state index contributed by atoms with van der Waals surface area (Å²) in [5.74, 6) is -0.0365. The molecule has 0 atom stereocenters. The quantitative estimate of drug-likeness (QED) is 0.765. The molecule has 1 heterocycles. The van der Waals surface area contributed by atoms with Crippen LogP contribution in [0.1, 0.15) is 65.4 Å². The van der Waals surface area contributed by atoms with Gasteiger partial charge in [0.1, 0.15) is 0 Å². The van der Waals surface area contributed by atoms with Gasteiger partial charge in [-0.15, -0.1) is 0 Å². The van der Waals surface area contributed by atoms with Crippen molar-refractivity contribution >= 4 is 11.6 Å². The van der Waals surface area contributed by atoms with Gasteiger partial charge in [0, 0.05) is 29.8 Å². The number of hydrogen-bond acceptors (Lipinski definition) is 2. The number of benzene rings is 1. The molecular weight excluding hydrogens is 286 g/mol. The molecule has 0 bridgehead atoms. The number of hydrogen-bond donors (Lipinski definition) is 0. The van der Waals surface area contributed by atoms with Crippen LogP contribution in [0.3, 0.4) is 0 Å². The Bertz CT molecular complexity index is 694. The molecular formula is C20H27NO2. The molecule has 2 aromatic rings. The molecule has 0 aliphatic carbocycles. The molecule has 0 unspecified atom stereocenters. The largest absolute Gasteiger partial charge is 0.345 e. The molecule has 0 fully saturated rings. The molecule has 0 radical (unpaired) electrons. The van der Waals surface area contributed by atoms with Crippen molar-refractivity contribution in [2.75, 3.05) is 0 Å². The van der Waals surface area contributed by atoms with Crippen molar-refractivity contribution in [1.29, 1.82) is 0 Å². The lowest BCUT2D eigenvalue weighted by atomic mass is 9.97. The number of ketones is 2. The van der Waals surface area contributed by atoms with Crippen molar-refractivity contribution < 1.29 is 9.59 Å². The van der Waals surface area contributed by atoms with E-state index in [0.717, 1.165) is 11.3 Å². The van der Waals surface area contributed by atoms with Crippen LogP contribution in [-0.2, 0) is 7.05 Å². The van der Waals surface area contributed by atoms with E-state index >= 15 is 0 Å². The molecule has 0 saturated carbocycles. The molecule has 124 valence electrons. The Balaban J connectivity index is 0.00000127. The molecule has 1 aromatic carbocycles. The van der Waals surface area contributed by atoms with Crippen LogP contribution >= 0.6 is 0 Å². The Hall–Kier alpha value is -2.16. The van der Waals surface area contributed by atoms with Gasteiger partial charge in [-0.2, -0.15) is 0 Å². The normalized spacial score (nSPS) is 10.3. The molecule has 0 aliphatic rings. The highest BCUT2D eigenvalue weighted by Crippen LogP contribution is 2.26. The van der Waals surface area contributed by atoms with Crippen LogP contribution in [0.15, 0.2) is 30.3 Å². The van der Waals surface area contributed by atoms with Gasteiger partial charge in [-0.1, -0.05) is 58.0 Å². The zero-order valence-electron chi connectivity index (χ0n) is 15.2. The van der Waals surface area contributed by atoms with E-state index in [1.165, 1.54) is 0 Å². The lowest BCUT2D eigenvalue weighted by molar-refractivity contribution is 0.0930. The Morgan fingerprint density at radius 3 is 2.00 bits per heavy atom.